The second-order valence-electron chi connectivity index (χ2n) is 4.47. The number of benzene rings is 1. The molecule has 0 amide bonds. The zero-order valence-electron chi connectivity index (χ0n) is 10.2. The van der Waals surface area contributed by atoms with E-state index in [4.69, 9.17) is 15.2 Å². The van der Waals surface area contributed by atoms with Crippen LogP contribution in [0.2, 0.25) is 0 Å². The molecule has 0 aliphatic heterocycles. The molecule has 4 heteroatoms. The number of ether oxygens (including phenoxy) is 2. The third kappa shape index (κ3) is 2.53. The minimum absolute atomic E-state index is 0.359. The topological polar surface area (TPSA) is 64.7 Å². The van der Waals surface area contributed by atoms with Gasteiger partial charge >= 0.3 is 0 Å². The van der Waals surface area contributed by atoms with Crippen LogP contribution in [0.3, 0.4) is 0 Å². The van der Waals surface area contributed by atoms with Crippen LogP contribution < -0.4 is 15.2 Å². The predicted octanol–water partition coefficient (Wildman–Crippen LogP) is 1.47. The SMILES string of the molecule is COc1ccc([C@@H](N)[C@@H](O)C2CC2)cc1OC. The molecule has 1 aromatic carbocycles. The van der Waals surface area contributed by atoms with Crippen molar-refractivity contribution in [2.75, 3.05) is 14.2 Å². The van der Waals surface area contributed by atoms with Gasteiger partial charge in [0.25, 0.3) is 0 Å². The van der Waals surface area contributed by atoms with Crippen molar-refractivity contribution in [2.45, 2.75) is 25.0 Å². The Balaban J connectivity index is 2.19. The van der Waals surface area contributed by atoms with Gasteiger partial charge in [0.1, 0.15) is 0 Å². The largest absolute Gasteiger partial charge is 0.493 e. The van der Waals surface area contributed by atoms with Crippen LogP contribution in [0.15, 0.2) is 18.2 Å². The fourth-order valence-corrected chi connectivity index (χ4v) is 1.99. The summed E-state index contributed by atoms with van der Waals surface area (Å²) in [5, 5.41) is 10.0. The fourth-order valence-electron chi connectivity index (χ4n) is 1.99. The highest BCUT2D eigenvalue weighted by Crippen LogP contribution is 2.38. The maximum Gasteiger partial charge on any atom is 0.161 e. The van der Waals surface area contributed by atoms with Gasteiger partial charge in [0.05, 0.1) is 26.4 Å². The molecule has 17 heavy (non-hydrogen) atoms. The van der Waals surface area contributed by atoms with E-state index in [2.05, 4.69) is 0 Å². The average Bonchev–Trinajstić information content (AvgIpc) is 3.20. The molecule has 1 aliphatic carbocycles. The maximum absolute atomic E-state index is 10.0. The summed E-state index contributed by atoms with van der Waals surface area (Å²) in [6.07, 6.45) is 1.68. The Morgan fingerprint density at radius 2 is 1.88 bits per heavy atom. The maximum atomic E-state index is 10.0. The van der Waals surface area contributed by atoms with E-state index < -0.39 is 6.10 Å². The van der Waals surface area contributed by atoms with Gasteiger partial charge in [-0.2, -0.15) is 0 Å². The minimum Gasteiger partial charge on any atom is -0.493 e. The van der Waals surface area contributed by atoms with Gasteiger partial charge in [-0.05, 0) is 36.5 Å². The van der Waals surface area contributed by atoms with E-state index in [1.807, 2.05) is 18.2 Å². The highest BCUT2D eigenvalue weighted by Gasteiger charge is 2.34. The standard InChI is InChI=1S/C13H19NO3/c1-16-10-6-5-9(7-11(10)17-2)12(14)13(15)8-3-4-8/h5-8,12-13,15H,3-4,14H2,1-2H3/t12-,13+/m1/s1. The minimum atomic E-state index is -0.465. The first-order valence-corrected chi connectivity index (χ1v) is 5.83. The average molecular weight is 237 g/mol. The molecular formula is C13H19NO3. The van der Waals surface area contributed by atoms with Gasteiger partial charge in [0.15, 0.2) is 11.5 Å². The van der Waals surface area contributed by atoms with Crippen LogP contribution in [-0.4, -0.2) is 25.4 Å². The Hall–Kier alpha value is -1.26. The summed E-state index contributed by atoms with van der Waals surface area (Å²) in [5.74, 6) is 1.67. The number of hydrogen-bond donors (Lipinski definition) is 2. The van der Waals surface area contributed by atoms with E-state index in [0.29, 0.717) is 17.4 Å². The Morgan fingerprint density at radius 3 is 2.41 bits per heavy atom. The molecule has 0 spiro atoms. The normalized spacial score (nSPS) is 18.6. The molecule has 0 saturated heterocycles. The second-order valence-corrected chi connectivity index (χ2v) is 4.47. The van der Waals surface area contributed by atoms with Gasteiger partial charge in [-0.25, -0.2) is 0 Å². The van der Waals surface area contributed by atoms with Crippen molar-refractivity contribution in [3.63, 3.8) is 0 Å². The molecule has 0 unspecified atom stereocenters. The molecule has 2 rings (SSSR count). The second kappa shape index (κ2) is 4.94. The smallest absolute Gasteiger partial charge is 0.161 e. The van der Waals surface area contributed by atoms with Crippen molar-refractivity contribution in [2.24, 2.45) is 11.7 Å². The summed E-state index contributed by atoms with van der Waals surface area (Å²) in [6, 6.07) is 5.16. The van der Waals surface area contributed by atoms with Gasteiger partial charge in [-0.15, -0.1) is 0 Å². The highest BCUT2D eigenvalue weighted by atomic mass is 16.5. The van der Waals surface area contributed by atoms with Crippen LogP contribution in [0, 0.1) is 5.92 Å². The number of hydrogen-bond acceptors (Lipinski definition) is 4. The number of rotatable bonds is 5. The summed E-state index contributed by atoms with van der Waals surface area (Å²) < 4.78 is 10.4. The van der Waals surface area contributed by atoms with E-state index >= 15 is 0 Å². The lowest BCUT2D eigenvalue weighted by Gasteiger charge is -2.20. The van der Waals surface area contributed by atoms with Crippen LogP contribution in [0.25, 0.3) is 0 Å². The van der Waals surface area contributed by atoms with Gasteiger partial charge in [-0.3, -0.25) is 0 Å². The summed E-state index contributed by atoms with van der Waals surface area (Å²) in [4.78, 5) is 0. The first-order chi connectivity index (χ1) is 8.17. The molecule has 0 aromatic heterocycles. The lowest BCUT2D eigenvalue weighted by Crippen LogP contribution is -2.27. The molecule has 2 atom stereocenters. The Morgan fingerprint density at radius 1 is 1.24 bits per heavy atom. The molecule has 4 nitrogen and oxygen atoms in total. The number of aliphatic hydroxyl groups is 1. The lowest BCUT2D eigenvalue weighted by molar-refractivity contribution is 0.122. The molecule has 1 aromatic rings. The molecular weight excluding hydrogens is 218 g/mol. The van der Waals surface area contributed by atoms with Crippen LogP contribution in [0.1, 0.15) is 24.4 Å². The van der Waals surface area contributed by atoms with Gasteiger partial charge in [-0.1, -0.05) is 6.07 Å². The summed E-state index contributed by atoms with van der Waals surface area (Å²) in [6.45, 7) is 0. The van der Waals surface area contributed by atoms with E-state index in [1.165, 1.54) is 0 Å². The molecule has 3 N–H and O–H groups in total. The van der Waals surface area contributed by atoms with Crippen molar-refractivity contribution < 1.29 is 14.6 Å². The quantitative estimate of drug-likeness (QED) is 0.814. The first kappa shape index (κ1) is 12.2. The van der Waals surface area contributed by atoms with E-state index in [1.54, 1.807) is 14.2 Å². The molecule has 1 aliphatic rings. The van der Waals surface area contributed by atoms with Crippen molar-refractivity contribution in [1.82, 2.24) is 0 Å². The number of methoxy groups -OCH3 is 2. The van der Waals surface area contributed by atoms with Gasteiger partial charge in [0.2, 0.25) is 0 Å². The Bertz CT molecular complexity index is 390. The molecule has 0 heterocycles. The van der Waals surface area contributed by atoms with Crippen LogP contribution in [-0.2, 0) is 0 Å². The van der Waals surface area contributed by atoms with Crippen molar-refractivity contribution in [3.05, 3.63) is 23.8 Å². The van der Waals surface area contributed by atoms with E-state index in [9.17, 15) is 5.11 Å². The van der Waals surface area contributed by atoms with Crippen LogP contribution in [0.4, 0.5) is 0 Å². The third-order valence-corrected chi connectivity index (χ3v) is 3.27. The Labute approximate surface area is 101 Å². The van der Waals surface area contributed by atoms with Crippen molar-refractivity contribution in [3.8, 4) is 11.5 Å². The third-order valence-electron chi connectivity index (χ3n) is 3.27. The first-order valence-electron chi connectivity index (χ1n) is 5.83. The van der Waals surface area contributed by atoms with E-state index in [-0.39, 0.29) is 6.04 Å². The zero-order chi connectivity index (χ0) is 12.4. The zero-order valence-corrected chi connectivity index (χ0v) is 10.2. The number of aliphatic hydroxyl groups excluding tert-OH is 1. The number of nitrogens with two attached hydrogens (primary N) is 1. The molecule has 0 bridgehead atoms. The Kier molecular flexibility index (Phi) is 3.54. The van der Waals surface area contributed by atoms with Gasteiger partial charge < -0.3 is 20.3 Å². The van der Waals surface area contributed by atoms with Crippen molar-refractivity contribution in [1.29, 1.82) is 0 Å². The molecule has 0 radical (unpaired) electrons. The molecule has 1 fully saturated rings. The predicted molar refractivity (Wildman–Crippen MR) is 65.2 cm³/mol. The molecule has 1 saturated carbocycles. The summed E-state index contributed by atoms with van der Waals surface area (Å²) in [7, 11) is 3.18. The monoisotopic (exact) mass is 237 g/mol. The van der Waals surface area contributed by atoms with Crippen LogP contribution in [0.5, 0.6) is 11.5 Å². The molecule has 94 valence electrons. The summed E-state index contributed by atoms with van der Waals surface area (Å²) >= 11 is 0. The van der Waals surface area contributed by atoms with E-state index in [0.717, 1.165) is 18.4 Å². The fraction of sp³-hybridized carbons (Fsp3) is 0.538. The van der Waals surface area contributed by atoms with Gasteiger partial charge in [0, 0.05) is 0 Å². The summed E-state index contributed by atoms with van der Waals surface area (Å²) in [5.41, 5.74) is 6.93. The van der Waals surface area contributed by atoms with Crippen LogP contribution >= 0.6 is 0 Å². The van der Waals surface area contributed by atoms with Crippen molar-refractivity contribution >= 4 is 0 Å². The highest BCUT2D eigenvalue weighted by molar-refractivity contribution is 5.44. The lowest BCUT2D eigenvalue weighted by atomic mass is 9.99.